The Hall–Kier alpha value is -3.53. The molecule has 4 nitrogen and oxygen atoms in total. The Bertz CT molecular complexity index is 935. The number of rotatable bonds is 4. The second-order valence-electron chi connectivity index (χ2n) is 6.12. The molecule has 0 aromatic heterocycles. The first-order valence-electron chi connectivity index (χ1n) is 8.44. The minimum absolute atomic E-state index is 0.0851. The van der Waals surface area contributed by atoms with Crippen LogP contribution in [0.2, 0.25) is 0 Å². The number of nitrogens with zero attached hydrogens (tertiary/aromatic N) is 1. The fourth-order valence-electron chi connectivity index (χ4n) is 3.12. The highest BCUT2D eigenvalue weighted by atomic mass is 16.3. The van der Waals surface area contributed by atoms with Gasteiger partial charge in [-0.2, -0.15) is 0 Å². The number of amides is 1. The monoisotopic (exact) mass is 342 g/mol. The van der Waals surface area contributed by atoms with Crippen LogP contribution in [0.1, 0.15) is 11.6 Å². The quantitative estimate of drug-likeness (QED) is 0.735. The molecule has 0 radical (unpaired) electrons. The molecular weight excluding hydrogens is 324 g/mol. The zero-order valence-corrected chi connectivity index (χ0v) is 14.0. The fraction of sp³-hybridized carbons (Fsp3) is 0.0455. The number of phenols is 1. The number of carbonyl (C=O) groups is 1. The minimum Gasteiger partial charge on any atom is -0.508 e. The Morgan fingerprint density at radius 3 is 2.08 bits per heavy atom. The normalized spacial score (nSPS) is 16.5. The van der Waals surface area contributed by atoms with Crippen LogP contribution in [0.15, 0.2) is 96.7 Å². The van der Waals surface area contributed by atoms with Crippen molar-refractivity contribution in [3.8, 4) is 5.75 Å². The molecule has 2 N–H and O–H groups in total. The van der Waals surface area contributed by atoms with Crippen LogP contribution >= 0.6 is 0 Å². The van der Waals surface area contributed by atoms with Crippen molar-refractivity contribution in [2.45, 2.75) is 6.04 Å². The van der Waals surface area contributed by atoms with Crippen molar-refractivity contribution in [3.05, 3.63) is 102 Å². The molecule has 26 heavy (non-hydrogen) atoms. The molecule has 0 bridgehead atoms. The predicted molar refractivity (Wildman–Crippen MR) is 103 cm³/mol. The van der Waals surface area contributed by atoms with Gasteiger partial charge in [-0.1, -0.05) is 48.5 Å². The third kappa shape index (κ3) is 3.05. The summed E-state index contributed by atoms with van der Waals surface area (Å²) in [5.74, 6) is 0.120. The number of anilines is 2. The van der Waals surface area contributed by atoms with Gasteiger partial charge in [0, 0.05) is 11.4 Å². The maximum Gasteiger partial charge on any atom is 0.275 e. The van der Waals surface area contributed by atoms with Crippen molar-refractivity contribution < 1.29 is 9.90 Å². The Balaban J connectivity index is 1.73. The summed E-state index contributed by atoms with van der Waals surface area (Å²) in [6.07, 6.45) is 1.93. The van der Waals surface area contributed by atoms with Gasteiger partial charge in [0.25, 0.3) is 5.91 Å². The third-order valence-electron chi connectivity index (χ3n) is 4.37. The van der Waals surface area contributed by atoms with E-state index in [1.807, 2.05) is 78.9 Å². The van der Waals surface area contributed by atoms with Gasteiger partial charge in [0.05, 0.1) is 6.04 Å². The molecule has 1 atom stereocenters. The molecule has 3 aromatic rings. The number of carbonyl (C=O) groups excluding carboxylic acids is 1. The fourth-order valence-corrected chi connectivity index (χ4v) is 3.12. The van der Waals surface area contributed by atoms with Crippen molar-refractivity contribution >= 4 is 17.3 Å². The van der Waals surface area contributed by atoms with E-state index in [4.69, 9.17) is 0 Å². The van der Waals surface area contributed by atoms with E-state index in [9.17, 15) is 9.90 Å². The number of nitrogens with one attached hydrogen (secondary N) is 1. The standard InChI is InChI=1S/C22H18N2O2/c25-19-13-11-16(12-14-19)21-15-20(23-17-7-3-1-4-8-17)22(26)24(21)18-9-5-2-6-10-18/h1-15,21,23,25H/t21-/m0/s1. The molecule has 1 amide bonds. The molecule has 0 unspecified atom stereocenters. The highest BCUT2D eigenvalue weighted by Crippen LogP contribution is 2.36. The summed E-state index contributed by atoms with van der Waals surface area (Å²) in [4.78, 5) is 14.9. The van der Waals surface area contributed by atoms with Crippen molar-refractivity contribution in [2.75, 3.05) is 10.2 Å². The Labute approximate surface area is 152 Å². The average molecular weight is 342 g/mol. The first-order chi connectivity index (χ1) is 12.7. The number of hydrogen-bond acceptors (Lipinski definition) is 3. The lowest BCUT2D eigenvalue weighted by Gasteiger charge is -2.25. The van der Waals surface area contributed by atoms with E-state index < -0.39 is 0 Å². The number of hydrogen-bond donors (Lipinski definition) is 2. The van der Waals surface area contributed by atoms with Gasteiger partial charge in [0.1, 0.15) is 11.4 Å². The van der Waals surface area contributed by atoms with Gasteiger partial charge in [-0.05, 0) is 48.0 Å². The molecule has 1 aliphatic heterocycles. The van der Waals surface area contributed by atoms with E-state index in [1.54, 1.807) is 17.0 Å². The van der Waals surface area contributed by atoms with Crippen LogP contribution in [0.5, 0.6) is 5.75 Å². The molecule has 0 saturated heterocycles. The average Bonchev–Trinajstić information content (AvgIpc) is 3.00. The molecule has 3 aromatic carbocycles. The zero-order valence-electron chi connectivity index (χ0n) is 14.0. The van der Waals surface area contributed by atoms with Gasteiger partial charge in [0.15, 0.2) is 0 Å². The van der Waals surface area contributed by atoms with E-state index in [1.165, 1.54) is 0 Å². The molecule has 0 fully saturated rings. The molecule has 128 valence electrons. The number of phenolic OH excluding ortho intramolecular Hbond substituents is 1. The maximum absolute atomic E-state index is 13.1. The van der Waals surface area contributed by atoms with Crippen molar-refractivity contribution in [2.24, 2.45) is 0 Å². The van der Waals surface area contributed by atoms with Gasteiger partial charge >= 0.3 is 0 Å². The highest BCUT2D eigenvalue weighted by molar-refractivity contribution is 6.11. The van der Waals surface area contributed by atoms with Gasteiger partial charge in [-0.3, -0.25) is 9.69 Å². The zero-order chi connectivity index (χ0) is 17.9. The summed E-state index contributed by atoms with van der Waals surface area (Å²) in [6.45, 7) is 0. The summed E-state index contributed by atoms with van der Waals surface area (Å²) < 4.78 is 0. The Morgan fingerprint density at radius 2 is 1.42 bits per heavy atom. The lowest BCUT2D eigenvalue weighted by molar-refractivity contribution is -0.114. The van der Waals surface area contributed by atoms with Crippen LogP contribution in [0.25, 0.3) is 0 Å². The molecular formula is C22H18N2O2. The topological polar surface area (TPSA) is 52.6 Å². The number of para-hydroxylation sites is 2. The van der Waals surface area contributed by atoms with Crippen LogP contribution in [-0.2, 0) is 4.79 Å². The van der Waals surface area contributed by atoms with Crippen LogP contribution in [-0.4, -0.2) is 11.0 Å². The van der Waals surface area contributed by atoms with Crippen LogP contribution < -0.4 is 10.2 Å². The second kappa shape index (κ2) is 6.76. The molecule has 1 aliphatic rings. The predicted octanol–water partition coefficient (Wildman–Crippen LogP) is 4.48. The summed E-state index contributed by atoms with van der Waals surface area (Å²) >= 11 is 0. The Morgan fingerprint density at radius 1 is 0.808 bits per heavy atom. The molecule has 1 heterocycles. The van der Waals surface area contributed by atoms with E-state index in [-0.39, 0.29) is 17.7 Å². The number of aromatic hydroxyl groups is 1. The smallest absolute Gasteiger partial charge is 0.275 e. The van der Waals surface area contributed by atoms with E-state index in [2.05, 4.69) is 5.32 Å². The lowest BCUT2D eigenvalue weighted by atomic mass is 10.1. The van der Waals surface area contributed by atoms with Crippen molar-refractivity contribution in [3.63, 3.8) is 0 Å². The SMILES string of the molecule is O=C1C(Nc2ccccc2)=C[C@@H](c2ccc(O)cc2)N1c1ccccc1. The van der Waals surface area contributed by atoms with Crippen molar-refractivity contribution in [1.29, 1.82) is 0 Å². The Kier molecular flexibility index (Phi) is 4.15. The van der Waals surface area contributed by atoms with Crippen LogP contribution in [0.4, 0.5) is 11.4 Å². The van der Waals surface area contributed by atoms with Crippen molar-refractivity contribution in [1.82, 2.24) is 0 Å². The maximum atomic E-state index is 13.1. The first kappa shape index (κ1) is 16.0. The van der Waals surface area contributed by atoms with Gasteiger partial charge in [-0.15, -0.1) is 0 Å². The first-order valence-corrected chi connectivity index (χ1v) is 8.44. The van der Waals surface area contributed by atoms with E-state index in [0.29, 0.717) is 5.70 Å². The van der Waals surface area contributed by atoms with Crippen LogP contribution in [0, 0.1) is 0 Å². The molecule has 0 spiro atoms. The summed E-state index contributed by atoms with van der Waals surface area (Å²) in [5.41, 5.74) is 3.17. The van der Waals surface area contributed by atoms with Crippen LogP contribution in [0.3, 0.4) is 0 Å². The summed E-state index contributed by atoms with van der Waals surface area (Å²) in [6, 6.07) is 26.0. The summed E-state index contributed by atoms with van der Waals surface area (Å²) in [7, 11) is 0. The largest absolute Gasteiger partial charge is 0.508 e. The second-order valence-corrected chi connectivity index (χ2v) is 6.12. The molecule has 0 aliphatic carbocycles. The molecule has 4 heteroatoms. The number of benzene rings is 3. The van der Waals surface area contributed by atoms with Gasteiger partial charge < -0.3 is 10.4 Å². The van der Waals surface area contributed by atoms with Gasteiger partial charge in [0.2, 0.25) is 0 Å². The minimum atomic E-state index is -0.239. The molecule has 0 saturated carbocycles. The van der Waals surface area contributed by atoms with Gasteiger partial charge in [-0.25, -0.2) is 0 Å². The third-order valence-corrected chi connectivity index (χ3v) is 4.37. The lowest BCUT2D eigenvalue weighted by Crippen LogP contribution is -2.30. The van der Waals surface area contributed by atoms with E-state index >= 15 is 0 Å². The summed E-state index contributed by atoms with van der Waals surface area (Å²) in [5, 5.41) is 12.8. The molecule has 4 rings (SSSR count). The highest BCUT2D eigenvalue weighted by Gasteiger charge is 2.34. The van der Waals surface area contributed by atoms with E-state index in [0.717, 1.165) is 16.9 Å².